The average molecular weight is 253 g/mol. The molecule has 0 saturated carbocycles. The summed E-state index contributed by atoms with van der Waals surface area (Å²) in [5, 5.41) is 3.17. The first-order valence-corrected chi connectivity index (χ1v) is 6.63. The molecule has 1 aromatic carbocycles. The Kier molecular flexibility index (Phi) is 6.91. The van der Waals surface area contributed by atoms with Gasteiger partial charge >= 0.3 is 0 Å². The summed E-state index contributed by atoms with van der Waals surface area (Å²) in [4.78, 5) is 0. The molecule has 3 heteroatoms. The summed E-state index contributed by atoms with van der Waals surface area (Å²) < 4.78 is 19.2. The number of hydrogen-bond donors (Lipinski definition) is 1. The van der Waals surface area contributed by atoms with E-state index in [-0.39, 0.29) is 11.9 Å². The molecule has 0 aliphatic rings. The van der Waals surface area contributed by atoms with E-state index in [1.165, 1.54) is 6.07 Å². The lowest BCUT2D eigenvalue weighted by Crippen LogP contribution is -2.23. The Bertz CT molecular complexity index is 341. The van der Waals surface area contributed by atoms with Gasteiger partial charge in [0.25, 0.3) is 0 Å². The van der Waals surface area contributed by atoms with Crippen LogP contribution in [-0.2, 0) is 11.2 Å². The molecule has 0 aliphatic heterocycles. The SMILES string of the molecule is CNCC(CCOC(C)C)Cc1ccccc1F. The summed E-state index contributed by atoms with van der Waals surface area (Å²) in [7, 11) is 1.93. The van der Waals surface area contributed by atoms with Gasteiger partial charge < -0.3 is 10.1 Å². The van der Waals surface area contributed by atoms with Crippen LogP contribution in [0.1, 0.15) is 25.8 Å². The maximum atomic E-state index is 13.6. The van der Waals surface area contributed by atoms with Gasteiger partial charge in [-0.15, -0.1) is 0 Å². The van der Waals surface area contributed by atoms with Crippen molar-refractivity contribution in [2.45, 2.75) is 32.8 Å². The number of ether oxygens (including phenoxy) is 1. The predicted molar refractivity (Wildman–Crippen MR) is 73.2 cm³/mol. The second-order valence-electron chi connectivity index (χ2n) is 4.93. The van der Waals surface area contributed by atoms with Crippen LogP contribution < -0.4 is 5.32 Å². The lowest BCUT2D eigenvalue weighted by atomic mass is 9.96. The van der Waals surface area contributed by atoms with Crippen LogP contribution >= 0.6 is 0 Å². The van der Waals surface area contributed by atoms with Crippen LogP contribution in [0, 0.1) is 11.7 Å². The molecular weight excluding hydrogens is 229 g/mol. The first-order valence-electron chi connectivity index (χ1n) is 6.63. The lowest BCUT2D eigenvalue weighted by Gasteiger charge is -2.18. The van der Waals surface area contributed by atoms with E-state index in [1.807, 2.05) is 33.0 Å². The third kappa shape index (κ3) is 5.61. The molecule has 1 N–H and O–H groups in total. The second-order valence-corrected chi connectivity index (χ2v) is 4.93. The van der Waals surface area contributed by atoms with Crippen molar-refractivity contribution in [2.75, 3.05) is 20.2 Å². The minimum atomic E-state index is -0.108. The molecular formula is C15H24FNO. The molecule has 1 rings (SSSR count). The summed E-state index contributed by atoms with van der Waals surface area (Å²) >= 11 is 0. The third-order valence-electron chi connectivity index (χ3n) is 2.94. The number of nitrogens with one attached hydrogen (secondary N) is 1. The van der Waals surface area contributed by atoms with E-state index in [4.69, 9.17) is 4.74 Å². The van der Waals surface area contributed by atoms with Gasteiger partial charge in [0.05, 0.1) is 6.10 Å². The fourth-order valence-electron chi connectivity index (χ4n) is 2.01. The standard InChI is InChI=1S/C15H24FNO/c1-12(2)18-9-8-13(11-17-3)10-14-6-4-5-7-15(14)16/h4-7,12-13,17H,8-11H2,1-3H3. The van der Waals surface area contributed by atoms with Crippen molar-refractivity contribution in [2.24, 2.45) is 5.92 Å². The molecule has 0 aromatic heterocycles. The highest BCUT2D eigenvalue weighted by Crippen LogP contribution is 2.15. The van der Waals surface area contributed by atoms with Gasteiger partial charge in [-0.2, -0.15) is 0 Å². The normalized spacial score (nSPS) is 12.9. The van der Waals surface area contributed by atoms with Crippen LogP contribution in [0.15, 0.2) is 24.3 Å². The van der Waals surface area contributed by atoms with E-state index < -0.39 is 0 Å². The molecule has 18 heavy (non-hydrogen) atoms. The quantitative estimate of drug-likeness (QED) is 0.769. The van der Waals surface area contributed by atoms with E-state index in [2.05, 4.69) is 5.32 Å². The van der Waals surface area contributed by atoms with Crippen LogP contribution in [0.5, 0.6) is 0 Å². The minimum Gasteiger partial charge on any atom is -0.379 e. The first kappa shape index (κ1) is 15.1. The maximum Gasteiger partial charge on any atom is 0.126 e. The molecule has 1 aromatic rings. The van der Waals surface area contributed by atoms with Crippen molar-refractivity contribution in [3.05, 3.63) is 35.6 Å². The van der Waals surface area contributed by atoms with Crippen molar-refractivity contribution >= 4 is 0 Å². The van der Waals surface area contributed by atoms with E-state index in [1.54, 1.807) is 6.07 Å². The molecule has 1 unspecified atom stereocenters. The summed E-state index contributed by atoms with van der Waals surface area (Å²) in [6, 6.07) is 7.00. The van der Waals surface area contributed by atoms with Crippen molar-refractivity contribution < 1.29 is 9.13 Å². The molecule has 0 amide bonds. The molecule has 0 heterocycles. The zero-order chi connectivity index (χ0) is 13.4. The van der Waals surface area contributed by atoms with Gasteiger partial charge in [0.15, 0.2) is 0 Å². The minimum absolute atomic E-state index is 0.108. The molecule has 0 saturated heterocycles. The Morgan fingerprint density at radius 2 is 2.00 bits per heavy atom. The van der Waals surface area contributed by atoms with Crippen LogP contribution in [0.2, 0.25) is 0 Å². The fourth-order valence-corrected chi connectivity index (χ4v) is 2.01. The Labute approximate surface area is 110 Å². The Morgan fingerprint density at radius 1 is 1.28 bits per heavy atom. The van der Waals surface area contributed by atoms with Gasteiger partial charge in [0.2, 0.25) is 0 Å². The fraction of sp³-hybridized carbons (Fsp3) is 0.600. The largest absolute Gasteiger partial charge is 0.379 e. The van der Waals surface area contributed by atoms with Gasteiger partial charge in [0.1, 0.15) is 5.82 Å². The number of hydrogen-bond acceptors (Lipinski definition) is 2. The number of halogens is 1. The monoisotopic (exact) mass is 253 g/mol. The lowest BCUT2D eigenvalue weighted by molar-refractivity contribution is 0.0684. The van der Waals surface area contributed by atoms with Gasteiger partial charge in [-0.25, -0.2) is 4.39 Å². The maximum absolute atomic E-state index is 13.6. The Balaban J connectivity index is 2.49. The summed E-state index contributed by atoms with van der Waals surface area (Å²) in [5.41, 5.74) is 0.794. The van der Waals surface area contributed by atoms with E-state index in [9.17, 15) is 4.39 Å². The number of rotatable bonds is 8. The van der Waals surface area contributed by atoms with Crippen molar-refractivity contribution in [1.29, 1.82) is 0 Å². The van der Waals surface area contributed by atoms with Crippen molar-refractivity contribution in [1.82, 2.24) is 5.32 Å². The summed E-state index contributed by atoms with van der Waals surface area (Å²) in [5.74, 6) is 0.300. The van der Waals surface area contributed by atoms with Crippen LogP contribution in [-0.4, -0.2) is 26.3 Å². The summed E-state index contributed by atoms with van der Waals surface area (Å²) in [6.45, 7) is 5.68. The van der Waals surface area contributed by atoms with Crippen molar-refractivity contribution in [3.63, 3.8) is 0 Å². The molecule has 0 bridgehead atoms. The molecule has 0 radical (unpaired) electrons. The van der Waals surface area contributed by atoms with E-state index >= 15 is 0 Å². The van der Waals surface area contributed by atoms with Gasteiger partial charge in [-0.05, 0) is 57.8 Å². The molecule has 0 spiro atoms. The van der Waals surface area contributed by atoms with E-state index in [0.717, 1.165) is 31.6 Å². The van der Waals surface area contributed by atoms with Crippen molar-refractivity contribution in [3.8, 4) is 0 Å². The second kappa shape index (κ2) is 8.22. The highest BCUT2D eigenvalue weighted by molar-refractivity contribution is 5.17. The zero-order valence-electron chi connectivity index (χ0n) is 11.6. The number of benzene rings is 1. The third-order valence-corrected chi connectivity index (χ3v) is 2.94. The highest BCUT2D eigenvalue weighted by atomic mass is 19.1. The topological polar surface area (TPSA) is 21.3 Å². The Hall–Kier alpha value is -0.930. The van der Waals surface area contributed by atoms with Gasteiger partial charge in [-0.3, -0.25) is 0 Å². The molecule has 0 fully saturated rings. The predicted octanol–water partition coefficient (Wildman–Crippen LogP) is 3.02. The van der Waals surface area contributed by atoms with E-state index in [0.29, 0.717) is 5.92 Å². The highest BCUT2D eigenvalue weighted by Gasteiger charge is 2.12. The van der Waals surface area contributed by atoms with Crippen LogP contribution in [0.3, 0.4) is 0 Å². The first-order chi connectivity index (χ1) is 8.63. The van der Waals surface area contributed by atoms with Gasteiger partial charge in [0, 0.05) is 6.61 Å². The van der Waals surface area contributed by atoms with Gasteiger partial charge in [-0.1, -0.05) is 18.2 Å². The molecule has 0 aliphatic carbocycles. The molecule has 1 atom stereocenters. The zero-order valence-corrected chi connectivity index (χ0v) is 11.6. The molecule has 2 nitrogen and oxygen atoms in total. The smallest absolute Gasteiger partial charge is 0.126 e. The molecule has 102 valence electrons. The Morgan fingerprint density at radius 3 is 2.61 bits per heavy atom. The van der Waals surface area contributed by atoms with Crippen LogP contribution in [0.25, 0.3) is 0 Å². The van der Waals surface area contributed by atoms with Crippen LogP contribution in [0.4, 0.5) is 4.39 Å². The summed E-state index contributed by atoms with van der Waals surface area (Å²) in [6.07, 6.45) is 1.97. The average Bonchev–Trinajstić information content (AvgIpc) is 2.32.